The van der Waals surface area contributed by atoms with E-state index in [0.29, 0.717) is 30.8 Å². The Morgan fingerprint density at radius 3 is 1.95 bits per heavy atom. The molecule has 0 bridgehead atoms. The van der Waals surface area contributed by atoms with Crippen LogP contribution in [-0.4, -0.2) is 68.3 Å². The van der Waals surface area contributed by atoms with Crippen molar-refractivity contribution in [1.82, 2.24) is 4.90 Å². The zero-order valence-electron chi connectivity index (χ0n) is 21.2. The van der Waals surface area contributed by atoms with Gasteiger partial charge in [-0.3, -0.25) is 9.59 Å². The van der Waals surface area contributed by atoms with Gasteiger partial charge in [0.15, 0.2) is 5.78 Å². The van der Waals surface area contributed by atoms with E-state index < -0.39 is 5.82 Å². The molecule has 1 aliphatic rings. The molecule has 2 aromatic rings. The Morgan fingerprint density at radius 2 is 1.46 bits per heavy atom. The first kappa shape index (κ1) is 32.3. The summed E-state index contributed by atoms with van der Waals surface area (Å²) in [4.78, 5) is 24.8. The van der Waals surface area contributed by atoms with Crippen LogP contribution in [0.4, 0.5) is 8.78 Å². The number of ether oxygens (including phenoxy) is 3. The van der Waals surface area contributed by atoms with E-state index in [9.17, 15) is 18.4 Å². The van der Waals surface area contributed by atoms with Gasteiger partial charge in [-0.1, -0.05) is 36.4 Å². The highest BCUT2D eigenvalue weighted by Gasteiger charge is 2.17. The fraction of sp³-hybridized carbons (Fsp3) is 0.357. The second-order valence-electron chi connectivity index (χ2n) is 7.81. The van der Waals surface area contributed by atoms with E-state index in [1.807, 2.05) is 6.92 Å². The Kier molecular flexibility index (Phi) is 16.2. The molecule has 1 saturated heterocycles. The highest BCUT2D eigenvalue weighted by Crippen LogP contribution is 2.12. The van der Waals surface area contributed by atoms with Gasteiger partial charge < -0.3 is 19.1 Å². The lowest BCUT2D eigenvalue weighted by Gasteiger charge is -2.27. The minimum atomic E-state index is -0.516. The van der Waals surface area contributed by atoms with E-state index in [4.69, 9.17) is 14.2 Å². The third-order valence-electron chi connectivity index (χ3n) is 4.97. The van der Waals surface area contributed by atoms with Crippen molar-refractivity contribution >= 4 is 27.6 Å². The summed E-state index contributed by atoms with van der Waals surface area (Å²) < 4.78 is 41.5. The topological polar surface area (TPSA) is 65.1 Å². The van der Waals surface area contributed by atoms with Gasteiger partial charge >= 0.3 is 0 Å². The number of Topliss-reactive ketones (excluding diaryl/α,β-unsaturated/α-hetero) is 1. The standard InChI is InChI=1S/C12H13FO2.C10H17NO3.C6H4BrF/c1-3-9(2)15-8-12(14)10-6-4-5-7-11(10)13;1-3-9(2)14-8-10(12)11-4-6-13-7-5-11;7-5-3-1-2-4-6(5)8/h3-7,9H,1,8H2,2H3;3,9H,1,4-8H2,2H3;1-4H. The predicted molar refractivity (Wildman–Crippen MR) is 143 cm³/mol. The Hall–Kier alpha value is -2.72. The highest BCUT2D eigenvalue weighted by atomic mass is 79.9. The van der Waals surface area contributed by atoms with Crippen molar-refractivity contribution < 1.29 is 32.6 Å². The zero-order valence-corrected chi connectivity index (χ0v) is 22.8. The van der Waals surface area contributed by atoms with E-state index >= 15 is 0 Å². The van der Waals surface area contributed by atoms with Crippen LogP contribution in [0.15, 0.2) is 78.3 Å². The number of nitrogens with zero attached hydrogens (tertiary/aromatic N) is 1. The molecule has 1 aliphatic heterocycles. The SMILES string of the molecule is C=CC(C)OCC(=O)N1CCOCC1.C=CC(C)OCC(=O)c1ccccc1F.Fc1ccccc1Br. The van der Waals surface area contributed by atoms with Gasteiger partial charge in [-0.25, -0.2) is 8.78 Å². The van der Waals surface area contributed by atoms with E-state index in [-0.39, 0.29) is 48.5 Å². The summed E-state index contributed by atoms with van der Waals surface area (Å²) in [5.74, 6) is -1.06. The molecule has 1 heterocycles. The molecule has 2 atom stereocenters. The van der Waals surface area contributed by atoms with Gasteiger partial charge in [0.1, 0.15) is 24.8 Å². The number of carbonyl (C=O) groups excluding carboxylic acids is 2. The molecule has 37 heavy (non-hydrogen) atoms. The van der Waals surface area contributed by atoms with Crippen LogP contribution < -0.4 is 0 Å². The molecule has 0 aromatic heterocycles. The second-order valence-corrected chi connectivity index (χ2v) is 8.67. The molecule has 2 unspecified atom stereocenters. The van der Waals surface area contributed by atoms with Crippen LogP contribution in [0.25, 0.3) is 0 Å². The number of morpholine rings is 1. The van der Waals surface area contributed by atoms with Crippen LogP contribution in [0, 0.1) is 11.6 Å². The van der Waals surface area contributed by atoms with Crippen LogP contribution in [-0.2, 0) is 19.0 Å². The maximum absolute atomic E-state index is 13.1. The first-order valence-electron chi connectivity index (χ1n) is 11.7. The number of halogens is 3. The number of carbonyl (C=O) groups is 2. The maximum atomic E-state index is 13.1. The first-order chi connectivity index (χ1) is 17.7. The number of rotatable bonds is 9. The fourth-order valence-corrected chi connectivity index (χ4v) is 2.94. The third-order valence-corrected chi connectivity index (χ3v) is 5.62. The van der Waals surface area contributed by atoms with E-state index in [1.54, 1.807) is 54.3 Å². The van der Waals surface area contributed by atoms with Crippen molar-refractivity contribution in [2.45, 2.75) is 26.1 Å². The van der Waals surface area contributed by atoms with E-state index in [2.05, 4.69) is 29.1 Å². The zero-order chi connectivity index (χ0) is 27.6. The largest absolute Gasteiger partial charge is 0.378 e. The molecule has 0 saturated carbocycles. The van der Waals surface area contributed by atoms with Crippen LogP contribution in [0.1, 0.15) is 24.2 Å². The molecule has 2 aromatic carbocycles. The summed E-state index contributed by atoms with van der Waals surface area (Å²) in [6.07, 6.45) is 2.97. The summed E-state index contributed by atoms with van der Waals surface area (Å²) in [7, 11) is 0. The second kappa shape index (κ2) is 18.5. The monoisotopic (exact) mass is 581 g/mol. The number of amides is 1. The molecule has 6 nitrogen and oxygen atoms in total. The number of benzene rings is 2. The lowest BCUT2D eigenvalue weighted by Crippen LogP contribution is -2.42. The predicted octanol–water partition coefficient (Wildman–Crippen LogP) is 5.62. The number of hydrogen-bond donors (Lipinski definition) is 0. The molecular formula is C28H34BrF2NO5. The molecule has 1 fully saturated rings. The Morgan fingerprint density at radius 1 is 0.946 bits per heavy atom. The van der Waals surface area contributed by atoms with Gasteiger partial charge in [-0.15, -0.1) is 13.2 Å². The summed E-state index contributed by atoms with van der Waals surface area (Å²) in [5, 5.41) is 0. The Balaban J connectivity index is 0.000000290. The fourth-order valence-electron chi connectivity index (χ4n) is 2.65. The minimum Gasteiger partial charge on any atom is -0.378 e. The van der Waals surface area contributed by atoms with E-state index in [0.717, 1.165) is 0 Å². The van der Waals surface area contributed by atoms with Gasteiger partial charge in [0, 0.05) is 13.1 Å². The molecule has 3 rings (SSSR count). The lowest BCUT2D eigenvalue weighted by molar-refractivity contribution is -0.141. The molecule has 202 valence electrons. The average molecular weight is 582 g/mol. The Bertz CT molecular complexity index is 977. The molecule has 9 heteroatoms. The molecular weight excluding hydrogens is 548 g/mol. The van der Waals surface area contributed by atoms with Gasteiger partial charge in [-0.05, 0) is 54.0 Å². The van der Waals surface area contributed by atoms with Crippen molar-refractivity contribution in [1.29, 1.82) is 0 Å². The minimum absolute atomic E-state index is 0.0296. The maximum Gasteiger partial charge on any atom is 0.248 e. The van der Waals surface area contributed by atoms with Crippen molar-refractivity contribution in [3.05, 3.63) is 95.5 Å². The lowest BCUT2D eigenvalue weighted by atomic mass is 10.1. The molecule has 0 spiro atoms. The van der Waals surface area contributed by atoms with Crippen LogP contribution in [0.2, 0.25) is 0 Å². The van der Waals surface area contributed by atoms with Gasteiger partial charge in [-0.2, -0.15) is 0 Å². The average Bonchev–Trinajstić information content (AvgIpc) is 2.93. The smallest absolute Gasteiger partial charge is 0.248 e. The van der Waals surface area contributed by atoms with E-state index in [1.165, 1.54) is 18.2 Å². The highest BCUT2D eigenvalue weighted by molar-refractivity contribution is 9.10. The van der Waals surface area contributed by atoms with Crippen molar-refractivity contribution in [3.63, 3.8) is 0 Å². The van der Waals surface area contributed by atoms with Gasteiger partial charge in [0.2, 0.25) is 5.91 Å². The summed E-state index contributed by atoms with van der Waals surface area (Å²) >= 11 is 3.02. The van der Waals surface area contributed by atoms with Crippen LogP contribution >= 0.6 is 15.9 Å². The Labute approximate surface area is 226 Å². The first-order valence-corrected chi connectivity index (χ1v) is 12.5. The summed E-state index contributed by atoms with van der Waals surface area (Å²) in [6.45, 7) is 13.3. The van der Waals surface area contributed by atoms with Crippen molar-refractivity contribution in [3.8, 4) is 0 Å². The van der Waals surface area contributed by atoms with Crippen molar-refractivity contribution in [2.24, 2.45) is 0 Å². The quantitative estimate of drug-likeness (QED) is 0.284. The van der Waals surface area contributed by atoms with Crippen LogP contribution in [0.5, 0.6) is 0 Å². The van der Waals surface area contributed by atoms with Crippen LogP contribution in [0.3, 0.4) is 0 Å². The number of ketones is 1. The molecule has 0 N–H and O–H groups in total. The molecule has 1 amide bonds. The van der Waals surface area contributed by atoms with Gasteiger partial charge in [0.05, 0.1) is 35.5 Å². The third kappa shape index (κ3) is 13.4. The normalized spacial score (nSPS) is 14.1. The number of hydrogen-bond acceptors (Lipinski definition) is 5. The molecule has 0 radical (unpaired) electrons. The van der Waals surface area contributed by atoms with Gasteiger partial charge in [0.25, 0.3) is 0 Å². The molecule has 0 aliphatic carbocycles. The summed E-state index contributed by atoms with van der Waals surface area (Å²) in [6, 6.07) is 12.4. The summed E-state index contributed by atoms with van der Waals surface area (Å²) in [5.41, 5.74) is 0.0637. The van der Waals surface area contributed by atoms with Crippen molar-refractivity contribution in [2.75, 3.05) is 39.5 Å².